The Balaban J connectivity index is 1.63. The van der Waals surface area contributed by atoms with Crippen LogP contribution in [0.2, 0.25) is 0 Å². The summed E-state index contributed by atoms with van der Waals surface area (Å²) < 4.78 is 0. The van der Waals surface area contributed by atoms with Gasteiger partial charge in [-0.2, -0.15) is 10.2 Å². The summed E-state index contributed by atoms with van der Waals surface area (Å²) in [5.74, 6) is 1.02. The molecule has 28 heavy (non-hydrogen) atoms. The lowest BCUT2D eigenvalue weighted by atomic mass is 9.97. The molecule has 1 fully saturated rings. The van der Waals surface area contributed by atoms with E-state index in [0.717, 1.165) is 47.6 Å². The van der Waals surface area contributed by atoms with Gasteiger partial charge in [-0.05, 0) is 69.0 Å². The van der Waals surface area contributed by atoms with Crippen molar-refractivity contribution in [3.05, 3.63) is 65.7 Å². The average Bonchev–Trinajstić information content (AvgIpc) is 3.42. The Morgan fingerprint density at radius 1 is 1.00 bits per heavy atom. The minimum Gasteiger partial charge on any atom is -0.357 e. The third-order valence-electron chi connectivity index (χ3n) is 6.06. The molecule has 6 nitrogen and oxygen atoms in total. The van der Waals surface area contributed by atoms with Crippen LogP contribution in [-0.2, 0) is 5.54 Å². The summed E-state index contributed by atoms with van der Waals surface area (Å²) in [5, 5.41) is 8.70. The minimum atomic E-state index is -0.204. The Kier molecular flexibility index (Phi) is 3.75. The van der Waals surface area contributed by atoms with Crippen molar-refractivity contribution in [3.8, 4) is 5.69 Å². The van der Waals surface area contributed by atoms with E-state index in [1.165, 1.54) is 11.1 Å². The maximum Gasteiger partial charge on any atom is 0.132 e. The quantitative estimate of drug-likeness (QED) is 0.583. The van der Waals surface area contributed by atoms with Crippen molar-refractivity contribution < 1.29 is 0 Å². The molecule has 0 amide bonds. The van der Waals surface area contributed by atoms with E-state index in [9.17, 15) is 0 Å². The number of hydrogen-bond acceptors (Lipinski definition) is 4. The molecule has 0 saturated carbocycles. The summed E-state index contributed by atoms with van der Waals surface area (Å²) in [7, 11) is 0. The van der Waals surface area contributed by atoms with Crippen LogP contribution in [0.4, 0.5) is 5.69 Å². The molecule has 0 unspecified atom stereocenters. The second kappa shape index (κ2) is 6.19. The molecular weight excluding hydrogens is 348 g/mol. The van der Waals surface area contributed by atoms with Crippen LogP contribution in [0.3, 0.4) is 0 Å². The van der Waals surface area contributed by atoms with Crippen LogP contribution < -0.4 is 4.90 Å². The Morgan fingerprint density at radius 2 is 1.71 bits per heavy atom. The van der Waals surface area contributed by atoms with E-state index >= 15 is 0 Å². The SMILES string of the molecule is Cc1cc2nc([C@]3(C)CCCN3c3ccccc3-n3nccn3)[nH]c2cc1C. The molecule has 1 aliphatic rings. The molecule has 0 bridgehead atoms. The predicted molar refractivity (Wildman–Crippen MR) is 111 cm³/mol. The third kappa shape index (κ3) is 2.52. The number of rotatable bonds is 3. The molecule has 0 radical (unpaired) electrons. The lowest BCUT2D eigenvalue weighted by Gasteiger charge is -2.36. The first-order chi connectivity index (χ1) is 13.6. The Labute approximate surface area is 164 Å². The Morgan fingerprint density at radius 3 is 2.50 bits per heavy atom. The standard InChI is InChI=1S/C22H24N6/c1-15-13-17-18(14-16(15)2)26-21(25-17)22(3)9-6-12-27(22)19-7-4-5-8-20(19)28-23-10-11-24-28/h4-5,7-8,10-11,13-14H,6,9,12H2,1-3H3,(H,25,26)/t22-/m0/s1. The number of nitrogens with one attached hydrogen (secondary N) is 1. The predicted octanol–water partition coefficient (Wildman–Crippen LogP) is 4.28. The minimum absolute atomic E-state index is 0.204. The fourth-order valence-corrected chi connectivity index (χ4v) is 4.32. The van der Waals surface area contributed by atoms with E-state index < -0.39 is 0 Å². The largest absolute Gasteiger partial charge is 0.357 e. The van der Waals surface area contributed by atoms with Crippen molar-refractivity contribution in [1.82, 2.24) is 25.0 Å². The number of fused-ring (bicyclic) bond motifs is 1. The van der Waals surface area contributed by atoms with E-state index in [4.69, 9.17) is 4.98 Å². The summed E-state index contributed by atoms with van der Waals surface area (Å²) in [6.07, 6.45) is 5.59. The number of aryl methyl sites for hydroxylation is 2. The lowest BCUT2D eigenvalue weighted by molar-refractivity contribution is 0.466. The van der Waals surface area contributed by atoms with Crippen molar-refractivity contribution in [1.29, 1.82) is 0 Å². The van der Waals surface area contributed by atoms with Gasteiger partial charge in [0.05, 0.1) is 34.7 Å². The highest BCUT2D eigenvalue weighted by atomic mass is 15.5. The van der Waals surface area contributed by atoms with Crippen LogP contribution in [-0.4, -0.2) is 31.5 Å². The molecule has 1 aliphatic heterocycles. The molecule has 4 aromatic rings. The second-order valence-corrected chi connectivity index (χ2v) is 7.88. The number of anilines is 1. The van der Waals surface area contributed by atoms with E-state index in [0.29, 0.717) is 0 Å². The van der Waals surface area contributed by atoms with Gasteiger partial charge in [-0.1, -0.05) is 12.1 Å². The van der Waals surface area contributed by atoms with Crippen molar-refractivity contribution in [2.75, 3.05) is 11.4 Å². The third-order valence-corrected chi connectivity index (χ3v) is 6.06. The normalized spacial score (nSPS) is 19.6. The highest BCUT2D eigenvalue weighted by Crippen LogP contribution is 2.42. The van der Waals surface area contributed by atoms with Gasteiger partial charge in [0.25, 0.3) is 0 Å². The fourth-order valence-electron chi connectivity index (χ4n) is 4.32. The zero-order chi connectivity index (χ0) is 19.3. The molecule has 1 saturated heterocycles. The summed E-state index contributed by atoms with van der Waals surface area (Å²) >= 11 is 0. The van der Waals surface area contributed by atoms with Crippen LogP contribution >= 0.6 is 0 Å². The van der Waals surface area contributed by atoms with Gasteiger partial charge >= 0.3 is 0 Å². The number of imidazole rings is 1. The first-order valence-corrected chi connectivity index (χ1v) is 9.77. The molecule has 2 aromatic heterocycles. The topological polar surface area (TPSA) is 62.6 Å². The molecular formula is C22H24N6. The number of hydrogen-bond donors (Lipinski definition) is 1. The molecule has 0 aliphatic carbocycles. The van der Waals surface area contributed by atoms with E-state index in [1.54, 1.807) is 17.2 Å². The highest BCUT2D eigenvalue weighted by Gasteiger charge is 2.41. The summed E-state index contributed by atoms with van der Waals surface area (Å²) in [6.45, 7) is 7.54. The lowest BCUT2D eigenvalue weighted by Crippen LogP contribution is -2.40. The van der Waals surface area contributed by atoms with Crippen molar-refractivity contribution in [2.45, 2.75) is 39.2 Å². The second-order valence-electron chi connectivity index (χ2n) is 7.88. The molecule has 1 N–H and O–H groups in total. The van der Waals surface area contributed by atoms with Gasteiger partial charge in [0.1, 0.15) is 11.5 Å². The average molecular weight is 372 g/mol. The molecule has 0 spiro atoms. The molecule has 3 heterocycles. The van der Waals surface area contributed by atoms with Crippen LogP contribution in [0.25, 0.3) is 16.7 Å². The number of aromatic nitrogens is 5. The molecule has 1 atom stereocenters. The summed E-state index contributed by atoms with van der Waals surface area (Å²) in [5.41, 5.74) is 6.61. The van der Waals surface area contributed by atoms with Crippen molar-refractivity contribution >= 4 is 16.7 Å². The molecule has 2 aromatic carbocycles. The number of H-pyrrole nitrogens is 1. The van der Waals surface area contributed by atoms with Crippen LogP contribution in [0.5, 0.6) is 0 Å². The summed E-state index contributed by atoms with van der Waals surface area (Å²) in [6, 6.07) is 12.7. The van der Waals surface area contributed by atoms with Crippen LogP contribution in [0.1, 0.15) is 36.7 Å². The monoisotopic (exact) mass is 372 g/mol. The van der Waals surface area contributed by atoms with Gasteiger partial charge in [0.15, 0.2) is 0 Å². The van der Waals surface area contributed by atoms with Gasteiger partial charge in [0.2, 0.25) is 0 Å². The molecule has 142 valence electrons. The van der Waals surface area contributed by atoms with Crippen LogP contribution in [0.15, 0.2) is 48.8 Å². The van der Waals surface area contributed by atoms with Gasteiger partial charge in [-0.15, -0.1) is 4.80 Å². The van der Waals surface area contributed by atoms with Gasteiger partial charge in [0, 0.05) is 6.54 Å². The number of nitrogens with zero attached hydrogens (tertiary/aromatic N) is 5. The maximum absolute atomic E-state index is 5.00. The van der Waals surface area contributed by atoms with Crippen molar-refractivity contribution in [3.63, 3.8) is 0 Å². The molecule has 5 rings (SSSR count). The number of para-hydroxylation sites is 2. The van der Waals surface area contributed by atoms with Gasteiger partial charge < -0.3 is 9.88 Å². The zero-order valence-corrected chi connectivity index (χ0v) is 16.5. The highest BCUT2D eigenvalue weighted by molar-refractivity contribution is 5.77. The van der Waals surface area contributed by atoms with Crippen LogP contribution in [0, 0.1) is 13.8 Å². The zero-order valence-electron chi connectivity index (χ0n) is 16.5. The number of benzene rings is 2. The molecule has 6 heteroatoms. The number of aromatic amines is 1. The van der Waals surface area contributed by atoms with Gasteiger partial charge in [-0.3, -0.25) is 0 Å². The fraction of sp³-hybridized carbons (Fsp3) is 0.318. The maximum atomic E-state index is 5.00. The summed E-state index contributed by atoms with van der Waals surface area (Å²) in [4.78, 5) is 12.8. The Bertz CT molecular complexity index is 1100. The Hall–Kier alpha value is -3.15. The first kappa shape index (κ1) is 17.0. The van der Waals surface area contributed by atoms with Crippen molar-refractivity contribution in [2.24, 2.45) is 0 Å². The van der Waals surface area contributed by atoms with E-state index in [2.05, 4.69) is 71.2 Å². The van der Waals surface area contributed by atoms with E-state index in [1.807, 2.05) is 6.07 Å². The van der Waals surface area contributed by atoms with Gasteiger partial charge in [-0.25, -0.2) is 4.98 Å². The smallest absolute Gasteiger partial charge is 0.132 e. The first-order valence-electron chi connectivity index (χ1n) is 9.77. The van der Waals surface area contributed by atoms with E-state index in [-0.39, 0.29) is 5.54 Å².